The molecular formula is C23H28N2O5S. The molecule has 166 valence electrons. The van der Waals surface area contributed by atoms with Crippen LogP contribution in [-0.4, -0.2) is 51.4 Å². The van der Waals surface area contributed by atoms with Gasteiger partial charge in [0.1, 0.15) is 0 Å². The number of amides is 1. The topological polar surface area (TPSA) is 84.0 Å². The highest BCUT2D eigenvalue weighted by atomic mass is 32.2. The first-order valence-corrected chi connectivity index (χ1v) is 11.9. The van der Waals surface area contributed by atoms with Crippen molar-refractivity contribution >= 4 is 27.6 Å². The van der Waals surface area contributed by atoms with E-state index in [9.17, 15) is 18.0 Å². The number of nitrogens with zero attached hydrogens (tertiary/aromatic N) is 2. The molecule has 1 heterocycles. The average molecular weight is 445 g/mol. The van der Waals surface area contributed by atoms with Gasteiger partial charge in [0.05, 0.1) is 16.1 Å². The molecule has 1 saturated heterocycles. The number of carbonyl (C=O) groups excluding carboxylic acids is 2. The van der Waals surface area contributed by atoms with Gasteiger partial charge in [-0.1, -0.05) is 31.2 Å². The molecule has 1 amide bonds. The minimum absolute atomic E-state index is 0.0102. The summed E-state index contributed by atoms with van der Waals surface area (Å²) in [6, 6.07) is 14.5. The highest BCUT2D eigenvalue weighted by Crippen LogP contribution is 2.24. The summed E-state index contributed by atoms with van der Waals surface area (Å²) < 4.78 is 32.7. The number of para-hydroxylation sites is 1. The number of hydrogen-bond acceptors (Lipinski definition) is 5. The van der Waals surface area contributed by atoms with E-state index < -0.39 is 16.0 Å². The summed E-state index contributed by atoms with van der Waals surface area (Å²) in [5, 5.41) is 0. The number of benzene rings is 2. The summed E-state index contributed by atoms with van der Waals surface area (Å²) >= 11 is 0. The minimum atomic E-state index is -3.86. The Bertz CT molecular complexity index is 1020. The molecule has 0 aromatic heterocycles. The number of piperidine rings is 1. The fraction of sp³-hybridized carbons (Fsp3) is 0.391. The summed E-state index contributed by atoms with van der Waals surface area (Å²) in [4.78, 5) is 26.5. The maximum Gasteiger partial charge on any atom is 0.338 e. The molecule has 2 aromatic rings. The van der Waals surface area contributed by atoms with Gasteiger partial charge in [-0.3, -0.25) is 9.10 Å². The van der Waals surface area contributed by atoms with Crippen molar-refractivity contribution in [2.24, 2.45) is 5.92 Å². The van der Waals surface area contributed by atoms with Crippen molar-refractivity contribution in [2.75, 3.05) is 30.5 Å². The zero-order chi connectivity index (χ0) is 22.4. The molecule has 0 N–H and O–H groups in total. The van der Waals surface area contributed by atoms with E-state index in [1.165, 1.54) is 28.6 Å². The van der Waals surface area contributed by atoms with Crippen molar-refractivity contribution in [2.45, 2.75) is 31.6 Å². The Hall–Kier alpha value is -2.87. The van der Waals surface area contributed by atoms with Crippen molar-refractivity contribution in [1.29, 1.82) is 0 Å². The summed E-state index contributed by atoms with van der Waals surface area (Å²) in [6.45, 7) is 5.12. The molecule has 31 heavy (non-hydrogen) atoms. The second-order valence-electron chi connectivity index (χ2n) is 7.67. The molecular weight excluding hydrogens is 416 g/mol. The lowest BCUT2D eigenvalue weighted by molar-refractivity contribution is -0.135. The van der Waals surface area contributed by atoms with Crippen molar-refractivity contribution in [3.8, 4) is 0 Å². The molecule has 7 nitrogen and oxygen atoms in total. The Kier molecular flexibility index (Phi) is 7.33. The van der Waals surface area contributed by atoms with E-state index in [0.29, 0.717) is 24.7 Å². The van der Waals surface area contributed by atoms with Gasteiger partial charge < -0.3 is 9.64 Å². The highest BCUT2D eigenvalue weighted by molar-refractivity contribution is 7.92. The molecule has 0 aliphatic carbocycles. The number of sulfonamides is 1. The van der Waals surface area contributed by atoms with E-state index in [-0.39, 0.29) is 29.5 Å². The van der Waals surface area contributed by atoms with Gasteiger partial charge in [0, 0.05) is 19.6 Å². The first-order chi connectivity index (χ1) is 14.8. The van der Waals surface area contributed by atoms with Crippen LogP contribution in [0.3, 0.4) is 0 Å². The summed E-state index contributed by atoms with van der Waals surface area (Å²) in [6.07, 6.45) is 1.88. The van der Waals surface area contributed by atoms with Crippen LogP contribution in [0.25, 0.3) is 0 Å². The molecule has 1 aliphatic heterocycles. The molecule has 1 fully saturated rings. The molecule has 0 bridgehead atoms. The largest absolute Gasteiger partial charge is 0.452 e. The van der Waals surface area contributed by atoms with Gasteiger partial charge in [0.2, 0.25) is 0 Å². The van der Waals surface area contributed by atoms with Gasteiger partial charge in [-0.25, -0.2) is 13.2 Å². The van der Waals surface area contributed by atoms with Crippen LogP contribution in [0.15, 0.2) is 59.5 Å². The van der Waals surface area contributed by atoms with Gasteiger partial charge in [0.15, 0.2) is 6.61 Å². The Morgan fingerprint density at radius 3 is 2.39 bits per heavy atom. The van der Waals surface area contributed by atoms with Crippen molar-refractivity contribution in [3.63, 3.8) is 0 Å². The molecule has 8 heteroatoms. The highest BCUT2D eigenvalue weighted by Gasteiger charge is 2.25. The SMILES string of the molecule is CCN(c1ccccc1)S(=O)(=O)c1cccc(C(=O)OCC(=O)N2CCC(C)CC2)c1. The molecule has 0 atom stereocenters. The number of ether oxygens (including phenoxy) is 1. The number of likely N-dealkylation sites (tertiary alicyclic amines) is 1. The first-order valence-electron chi connectivity index (χ1n) is 10.5. The summed E-state index contributed by atoms with van der Waals surface area (Å²) in [5.41, 5.74) is 0.629. The monoisotopic (exact) mass is 444 g/mol. The third-order valence-electron chi connectivity index (χ3n) is 5.45. The summed E-state index contributed by atoms with van der Waals surface area (Å²) in [5.74, 6) is -0.362. The fourth-order valence-electron chi connectivity index (χ4n) is 3.56. The third-order valence-corrected chi connectivity index (χ3v) is 7.35. The van der Waals surface area contributed by atoms with Crippen molar-refractivity contribution < 1.29 is 22.7 Å². The van der Waals surface area contributed by atoms with E-state index in [2.05, 4.69) is 6.92 Å². The minimum Gasteiger partial charge on any atom is -0.452 e. The van der Waals surface area contributed by atoms with Crippen molar-refractivity contribution in [3.05, 3.63) is 60.2 Å². The lowest BCUT2D eigenvalue weighted by Crippen LogP contribution is -2.40. The van der Waals surface area contributed by atoms with Gasteiger partial charge in [-0.2, -0.15) is 0 Å². The molecule has 2 aromatic carbocycles. The Morgan fingerprint density at radius 1 is 1.06 bits per heavy atom. The molecule has 0 spiro atoms. The number of rotatable bonds is 7. The molecule has 0 radical (unpaired) electrons. The second-order valence-corrected chi connectivity index (χ2v) is 9.53. The van der Waals surface area contributed by atoms with Gasteiger partial charge in [-0.05, 0) is 56.0 Å². The lowest BCUT2D eigenvalue weighted by Gasteiger charge is -2.30. The summed E-state index contributed by atoms with van der Waals surface area (Å²) in [7, 11) is -3.86. The van der Waals surface area contributed by atoms with Crippen LogP contribution in [0.1, 0.15) is 37.0 Å². The Labute approximate surface area is 183 Å². The first kappa shape index (κ1) is 22.8. The maximum atomic E-state index is 13.2. The third kappa shape index (κ3) is 5.44. The fourth-order valence-corrected chi connectivity index (χ4v) is 5.08. The zero-order valence-electron chi connectivity index (χ0n) is 17.9. The van der Waals surface area contributed by atoms with E-state index in [0.717, 1.165) is 12.8 Å². The normalized spacial score (nSPS) is 14.8. The second kappa shape index (κ2) is 9.96. The zero-order valence-corrected chi connectivity index (χ0v) is 18.7. The van der Waals surface area contributed by atoms with Crippen LogP contribution in [0.5, 0.6) is 0 Å². The molecule has 3 rings (SSSR count). The van der Waals surface area contributed by atoms with E-state index in [4.69, 9.17) is 4.74 Å². The van der Waals surface area contributed by atoms with Crippen LogP contribution < -0.4 is 4.31 Å². The maximum absolute atomic E-state index is 13.2. The van der Waals surface area contributed by atoms with Gasteiger partial charge >= 0.3 is 5.97 Å². The lowest BCUT2D eigenvalue weighted by atomic mass is 9.99. The van der Waals surface area contributed by atoms with Crippen LogP contribution in [0, 0.1) is 5.92 Å². The number of carbonyl (C=O) groups is 2. The Morgan fingerprint density at radius 2 is 1.74 bits per heavy atom. The van der Waals surface area contributed by atoms with Crippen LogP contribution in [0.4, 0.5) is 5.69 Å². The van der Waals surface area contributed by atoms with Crippen molar-refractivity contribution in [1.82, 2.24) is 4.90 Å². The van der Waals surface area contributed by atoms with E-state index in [1.54, 1.807) is 36.1 Å². The number of hydrogen-bond donors (Lipinski definition) is 0. The van der Waals surface area contributed by atoms with E-state index >= 15 is 0 Å². The van der Waals surface area contributed by atoms with Gasteiger partial charge in [-0.15, -0.1) is 0 Å². The molecule has 1 aliphatic rings. The molecule has 0 saturated carbocycles. The standard InChI is InChI=1S/C23H28N2O5S/c1-3-25(20-9-5-4-6-10-20)31(28,29)21-11-7-8-19(16-21)23(27)30-17-22(26)24-14-12-18(2)13-15-24/h4-11,16,18H,3,12-15,17H2,1-2H3. The van der Waals surface area contributed by atoms with Crippen LogP contribution in [0.2, 0.25) is 0 Å². The molecule has 0 unspecified atom stereocenters. The van der Waals surface area contributed by atoms with Gasteiger partial charge in [0.25, 0.3) is 15.9 Å². The number of esters is 1. The van der Waals surface area contributed by atoms with Crippen LogP contribution in [-0.2, 0) is 19.6 Å². The average Bonchev–Trinajstić information content (AvgIpc) is 2.79. The number of anilines is 1. The predicted octanol–water partition coefficient (Wildman–Crippen LogP) is 3.32. The smallest absolute Gasteiger partial charge is 0.338 e. The Balaban J connectivity index is 1.70. The van der Waals surface area contributed by atoms with E-state index in [1.807, 2.05) is 6.07 Å². The quantitative estimate of drug-likeness (QED) is 0.612. The predicted molar refractivity (Wildman–Crippen MR) is 118 cm³/mol. The van der Waals surface area contributed by atoms with Crippen LogP contribution >= 0.6 is 0 Å².